The Morgan fingerprint density at radius 2 is 2.25 bits per heavy atom. The van der Waals surface area contributed by atoms with Crippen molar-refractivity contribution in [3.05, 3.63) is 45.3 Å². The molecule has 80 valence electrons. The number of rotatable bonds is 0. The van der Waals surface area contributed by atoms with Gasteiger partial charge in [-0.25, -0.2) is 9.50 Å². The predicted octanol–water partition coefficient (Wildman–Crippen LogP) is 2.14. The molecule has 0 unspecified atom stereocenters. The molecular formula is C11H8ClN3O. The van der Waals surface area contributed by atoms with Crippen LogP contribution in [0.2, 0.25) is 5.02 Å². The normalized spacial score (nSPS) is 11.4. The Morgan fingerprint density at radius 1 is 1.44 bits per heavy atom. The number of benzene rings is 1. The molecule has 0 fully saturated rings. The van der Waals surface area contributed by atoms with Gasteiger partial charge in [0.15, 0.2) is 5.65 Å². The molecule has 3 aromatic rings. The summed E-state index contributed by atoms with van der Waals surface area (Å²) in [6.07, 6.45) is 0. The van der Waals surface area contributed by atoms with E-state index in [9.17, 15) is 4.79 Å². The van der Waals surface area contributed by atoms with Gasteiger partial charge in [-0.1, -0.05) is 17.7 Å². The minimum absolute atomic E-state index is 0.129. The number of fused-ring (bicyclic) bond motifs is 2. The van der Waals surface area contributed by atoms with Crippen molar-refractivity contribution in [1.29, 1.82) is 0 Å². The minimum Gasteiger partial charge on any atom is -0.294 e. The fraction of sp³-hybridized carbons (Fsp3) is 0.0909. The molecular weight excluding hydrogens is 226 g/mol. The maximum atomic E-state index is 12.1. The lowest BCUT2D eigenvalue weighted by molar-refractivity contribution is 0.895. The molecule has 0 radical (unpaired) electrons. The van der Waals surface area contributed by atoms with Crippen molar-refractivity contribution in [2.75, 3.05) is 0 Å². The molecule has 4 nitrogen and oxygen atoms in total. The second-order valence-electron chi connectivity index (χ2n) is 3.69. The summed E-state index contributed by atoms with van der Waals surface area (Å²) < 4.78 is 1.42. The van der Waals surface area contributed by atoms with Gasteiger partial charge in [-0.2, -0.15) is 0 Å². The molecule has 0 saturated heterocycles. The molecule has 1 aromatic carbocycles. The number of aromatic amines is 1. The van der Waals surface area contributed by atoms with Gasteiger partial charge in [0.05, 0.1) is 15.9 Å². The molecule has 0 spiro atoms. The SMILES string of the molecule is Cc1cc2nc3c(Cl)cccc3c(=O)n2[nH]1. The summed E-state index contributed by atoms with van der Waals surface area (Å²) in [6, 6.07) is 7.01. The molecule has 0 aliphatic carbocycles. The average molecular weight is 234 g/mol. The number of para-hydroxylation sites is 1. The van der Waals surface area contributed by atoms with Crippen molar-refractivity contribution in [2.45, 2.75) is 6.92 Å². The first-order valence-electron chi connectivity index (χ1n) is 4.83. The molecule has 5 heteroatoms. The number of nitrogens with one attached hydrogen (secondary N) is 1. The fourth-order valence-corrected chi connectivity index (χ4v) is 2.01. The van der Waals surface area contributed by atoms with E-state index in [0.717, 1.165) is 5.69 Å². The highest BCUT2D eigenvalue weighted by molar-refractivity contribution is 6.35. The Morgan fingerprint density at radius 3 is 3.06 bits per heavy atom. The van der Waals surface area contributed by atoms with Crippen LogP contribution in [0.25, 0.3) is 16.6 Å². The smallest absolute Gasteiger partial charge is 0.280 e. The van der Waals surface area contributed by atoms with Crippen LogP contribution in [-0.4, -0.2) is 14.6 Å². The van der Waals surface area contributed by atoms with Crippen molar-refractivity contribution in [2.24, 2.45) is 0 Å². The first kappa shape index (κ1) is 9.42. The second kappa shape index (κ2) is 3.09. The number of H-pyrrole nitrogens is 1. The van der Waals surface area contributed by atoms with E-state index in [-0.39, 0.29) is 5.56 Å². The van der Waals surface area contributed by atoms with Crippen LogP contribution in [0.15, 0.2) is 29.1 Å². The lowest BCUT2D eigenvalue weighted by Gasteiger charge is -1.99. The number of halogens is 1. The number of aryl methyl sites for hydroxylation is 1. The predicted molar refractivity (Wildman–Crippen MR) is 63.1 cm³/mol. The van der Waals surface area contributed by atoms with Crippen LogP contribution in [0, 0.1) is 6.92 Å². The van der Waals surface area contributed by atoms with Crippen molar-refractivity contribution >= 4 is 28.2 Å². The van der Waals surface area contributed by atoms with Crippen LogP contribution in [0.1, 0.15) is 5.69 Å². The van der Waals surface area contributed by atoms with Crippen molar-refractivity contribution < 1.29 is 0 Å². The maximum absolute atomic E-state index is 12.1. The molecule has 0 saturated carbocycles. The van der Waals surface area contributed by atoms with Gasteiger partial charge in [-0.3, -0.25) is 9.89 Å². The van der Waals surface area contributed by atoms with Crippen LogP contribution in [-0.2, 0) is 0 Å². The lowest BCUT2D eigenvalue weighted by Crippen LogP contribution is -2.15. The Balaban J connectivity index is 2.65. The summed E-state index contributed by atoms with van der Waals surface area (Å²) >= 11 is 6.02. The highest BCUT2D eigenvalue weighted by atomic mass is 35.5. The van der Waals surface area contributed by atoms with E-state index < -0.39 is 0 Å². The largest absolute Gasteiger partial charge is 0.294 e. The quantitative estimate of drug-likeness (QED) is 0.647. The number of aromatic nitrogens is 3. The maximum Gasteiger partial charge on any atom is 0.280 e. The molecule has 0 aliphatic heterocycles. The van der Waals surface area contributed by atoms with Crippen molar-refractivity contribution in [1.82, 2.24) is 14.6 Å². The minimum atomic E-state index is -0.129. The zero-order chi connectivity index (χ0) is 11.3. The molecule has 3 rings (SSSR count). The summed E-state index contributed by atoms with van der Waals surface area (Å²) in [5.74, 6) is 0. The zero-order valence-electron chi connectivity index (χ0n) is 8.49. The Labute approximate surface area is 95.5 Å². The van der Waals surface area contributed by atoms with Crippen LogP contribution >= 0.6 is 11.6 Å². The van der Waals surface area contributed by atoms with Crippen LogP contribution in [0.4, 0.5) is 0 Å². The first-order valence-corrected chi connectivity index (χ1v) is 5.21. The number of nitrogens with zero attached hydrogens (tertiary/aromatic N) is 2. The van der Waals surface area contributed by atoms with Crippen molar-refractivity contribution in [3.8, 4) is 0 Å². The number of hydrogen-bond donors (Lipinski definition) is 1. The van der Waals surface area contributed by atoms with Gasteiger partial charge in [0.25, 0.3) is 5.56 Å². The molecule has 0 atom stereocenters. The number of hydrogen-bond acceptors (Lipinski definition) is 2. The monoisotopic (exact) mass is 233 g/mol. The summed E-state index contributed by atoms with van der Waals surface area (Å²) in [7, 11) is 0. The molecule has 16 heavy (non-hydrogen) atoms. The van der Waals surface area contributed by atoms with Gasteiger partial charge >= 0.3 is 0 Å². The van der Waals surface area contributed by atoms with Gasteiger partial charge in [0, 0.05) is 11.8 Å². The summed E-state index contributed by atoms with van der Waals surface area (Å²) in [5.41, 5.74) is 1.89. The van der Waals surface area contributed by atoms with Gasteiger partial charge in [0.2, 0.25) is 0 Å². The van der Waals surface area contributed by atoms with Gasteiger partial charge in [-0.05, 0) is 19.1 Å². The van der Waals surface area contributed by atoms with Gasteiger partial charge in [-0.15, -0.1) is 0 Å². The molecule has 0 bridgehead atoms. The third kappa shape index (κ3) is 1.17. The second-order valence-corrected chi connectivity index (χ2v) is 4.09. The Kier molecular flexibility index (Phi) is 1.82. The molecule has 0 amide bonds. The highest BCUT2D eigenvalue weighted by Crippen LogP contribution is 2.19. The molecule has 0 aliphatic rings. The van der Waals surface area contributed by atoms with E-state index in [1.54, 1.807) is 18.2 Å². The topological polar surface area (TPSA) is 50.2 Å². The van der Waals surface area contributed by atoms with E-state index in [1.807, 2.05) is 13.0 Å². The molecule has 1 N–H and O–H groups in total. The van der Waals surface area contributed by atoms with Gasteiger partial charge in [0.1, 0.15) is 0 Å². The van der Waals surface area contributed by atoms with E-state index >= 15 is 0 Å². The zero-order valence-corrected chi connectivity index (χ0v) is 9.25. The van der Waals surface area contributed by atoms with E-state index in [2.05, 4.69) is 10.1 Å². The molecule has 2 aromatic heterocycles. The Hall–Kier alpha value is -1.81. The van der Waals surface area contributed by atoms with Crippen LogP contribution in [0.5, 0.6) is 0 Å². The van der Waals surface area contributed by atoms with E-state index in [0.29, 0.717) is 21.6 Å². The van der Waals surface area contributed by atoms with Crippen LogP contribution in [0.3, 0.4) is 0 Å². The Bertz CT molecular complexity index is 757. The standard InChI is InChI=1S/C11H8ClN3O/c1-6-5-9-13-10-7(3-2-4-8(10)12)11(16)15(9)14-6/h2-5,14H,1H3. The average Bonchev–Trinajstić information content (AvgIpc) is 2.61. The fourth-order valence-electron chi connectivity index (χ4n) is 1.80. The molecule has 2 heterocycles. The summed E-state index contributed by atoms with van der Waals surface area (Å²) in [6.45, 7) is 1.88. The van der Waals surface area contributed by atoms with Crippen LogP contribution < -0.4 is 5.56 Å². The highest BCUT2D eigenvalue weighted by Gasteiger charge is 2.08. The third-order valence-electron chi connectivity index (χ3n) is 2.51. The summed E-state index contributed by atoms with van der Waals surface area (Å²) in [5, 5.41) is 3.95. The van der Waals surface area contributed by atoms with E-state index in [1.165, 1.54) is 4.52 Å². The van der Waals surface area contributed by atoms with Gasteiger partial charge < -0.3 is 0 Å². The lowest BCUT2D eigenvalue weighted by atomic mass is 10.2. The summed E-state index contributed by atoms with van der Waals surface area (Å²) in [4.78, 5) is 16.4. The van der Waals surface area contributed by atoms with Crippen molar-refractivity contribution in [3.63, 3.8) is 0 Å². The first-order chi connectivity index (χ1) is 7.66. The third-order valence-corrected chi connectivity index (χ3v) is 2.81. The van der Waals surface area contributed by atoms with E-state index in [4.69, 9.17) is 11.6 Å².